The van der Waals surface area contributed by atoms with Crippen molar-refractivity contribution in [3.63, 3.8) is 0 Å². The fourth-order valence-electron chi connectivity index (χ4n) is 4.28. The average molecular weight is 358 g/mol. The van der Waals surface area contributed by atoms with E-state index in [1.165, 1.54) is 44.3 Å². The molecule has 0 fully saturated rings. The molecule has 4 aromatic carbocycles. The first kappa shape index (κ1) is 15.3. The Labute approximate surface area is 163 Å². The van der Waals surface area contributed by atoms with Gasteiger partial charge in [0.2, 0.25) is 0 Å². The number of para-hydroxylation sites is 3. The molecule has 2 heterocycles. The molecule has 2 heteroatoms. The standard InChI is InChI=1S/C26H18N2/c1-2-9-19(10-3-1)28-24-13-7-4-8-18(24)14-15-22-25(28)17-16-21-20-11-5-6-12-23(20)27-26(21)22/h1-17,27H. The van der Waals surface area contributed by atoms with Crippen molar-refractivity contribution in [3.8, 4) is 0 Å². The highest BCUT2D eigenvalue weighted by molar-refractivity contribution is 6.13. The molecule has 2 nitrogen and oxygen atoms in total. The second-order valence-electron chi connectivity index (χ2n) is 7.15. The van der Waals surface area contributed by atoms with Gasteiger partial charge in [0.1, 0.15) is 0 Å². The van der Waals surface area contributed by atoms with Crippen LogP contribution in [0.1, 0.15) is 11.1 Å². The van der Waals surface area contributed by atoms with E-state index < -0.39 is 0 Å². The van der Waals surface area contributed by atoms with E-state index in [0.29, 0.717) is 0 Å². The van der Waals surface area contributed by atoms with Crippen molar-refractivity contribution in [2.24, 2.45) is 0 Å². The van der Waals surface area contributed by atoms with Gasteiger partial charge in [-0.3, -0.25) is 0 Å². The Hall–Kier alpha value is -3.78. The Kier molecular flexibility index (Phi) is 3.20. The summed E-state index contributed by atoms with van der Waals surface area (Å²) in [5.74, 6) is 0. The number of hydrogen-bond donors (Lipinski definition) is 1. The number of hydrogen-bond acceptors (Lipinski definition) is 1. The van der Waals surface area contributed by atoms with Gasteiger partial charge in [-0.05, 0) is 35.9 Å². The Bertz CT molecular complexity index is 1360. The van der Waals surface area contributed by atoms with E-state index in [-0.39, 0.29) is 0 Å². The molecule has 0 bridgehead atoms. The Morgan fingerprint density at radius 2 is 1.36 bits per heavy atom. The summed E-state index contributed by atoms with van der Waals surface area (Å²) in [6.07, 6.45) is 4.47. The number of aromatic nitrogens is 1. The van der Waals surface area contributed by atoms with E-state index in [9.17, 15) is 0 Å². The predicted octanol–water partition coefficient (Wildman–Crippen LogP) is 7.27. The Balaban J connectivity index is 1.72. The van der Waals surface area contributed by atoms with Gasteiger partial charge in [-0.25, -0.2) is 0 Å². The van der Waals surface area contributed by atoms with Gasteiger partial charge < -0.3 is 9.88 Å². The van der Waals surface area contributed by atoms with Crippen LogP contribution >= 0.6 is 0 Å². The molecular formula is C26H18N2. The van der Waals surface area contributed by atoms with E-state index in [2.05, 4.69) is 113 Å². The molecule has 1 aliphatic rings. The Morgan fingerprint density at radius 1 is 0.571 bits per heavy atom. The highest BCUT2D eigenvalue weighted by Crippen LogP contribution is 2.44. The molecule has 6 rings (SSSR count). The summed E-state index contributed by atoms with van der Waals surface area (Å²) < 4.78 is 0. The third-order valence-electron chi connectivity index (χ3n) is 5.56. The van der Waals surface area contributed by atoms with Crippen molar-refractivity contribution in [3.05, 3.63) is 102 Å². The van der Waals surface area contributed by atoms with Crippen LogP contribution in [0.4, 0.5) is 17.1 Å². The highest BCUT2D eigenvalue weighted by Gasteiger charge is 2.22. The number of fused-ring (bicyclic) bond motifs is 6. The smallest absolute Gasteiger partial charge is 0.0559 e. The minimum absolute atomic E-state index is 1.16. The van der Waals surface area contributed by atoms with Gasteiger partial charge in [-0.1, -0.05) is 72.8 Å². The fourth-order valence-corrected chi connectivity index (χ4v) is 4.28. The monoisotopic (exact) mass is 358 g/mol. The van der Waals surface area contributed by atoms with E-state index in [1.807, 2.05) is 0 Å². The number of benzene rings is 4. The maximum atomic E-state index is 3.65. The zero-order chi connectivity index (χ0) is 18.5. The van der Waals surface area contributed by atoms with Crippen LogP contribution in [0.2, 0.25) is 0 Å². The molecule has 0 aliphatic carbocycles. The van der Waals surface area contributed by atoms with Crippen molar-refractivity contribution in [1.29, 1.82) is 0 Å². The number of nitrogens with one attached hydrogen (secondary N) is 1. The van der Waals surface area contributed by atoms with Gasteiger partial charge in [0.25, 0.3) is 0 Å². The number of aromatic amines is 1. The van der Waals surface area contributed by atoms with Gasteiger partial charge in [-0.15, -0.1) is 0 Å². The lowest BCUT2D eigenvalue weighted by molar-refractivity contribution is 1.28. The zero-order valence-electron chi connectivity index (χ0n) is 15.3. The van der Waals surface area contributed by atoms with Crippen molar-refractivity contribution >= 4 is 51.0 Å². The van der Waals surface area contributed by atoms with Crippen LogP contribution in [0.15, 0.2) is 91.0 Å². The zero-order valence-corrected chi connectivity index (χ0v) is 15.3. The molecule has 0 spiro atoms. The van der Waals surface area contributed by atoms with E-state index in [4.69, 9.17) is 0 Å². The molecule has 0 amide bonds. The normalized spacial score (nSPS) is 12.8. The summed E-state index contributed by atoms with van der Waals surface area (Å²) in [4.78, 5) is 6.01. The van der Waals surface area contributed by atoms with Gasteiger partial charge in [0.05, 0.1) is 16.9 Å². The summed E-state index contributed by atoms with van der Waals surface area (Å²) in [6.45, 7) is 0. The molecule has 0 unspecified atom stereocenters. The quantitative estimate of drug-likeness (QED) is 0.327. The number of H-pyrrole nitrogens is 1. The molecule has 0 saturated carbocycles. The molecule has 0 atom stereocenters. The van der Waals surface area contributed by atoms with Gasteiger partial charge in [0, 0.05) is 27.5 Å². The van der Waals surface area contributed by atoms with Crippen molar-refractivity contribution in [2.45, 2.75) is 0 Å². The largest absolute Gasteiger partial charge is 0.354 e. The van der Waals surface area contributed by atoms with Crippen LogP contribution in [0, 0.1) is 0 Å². The summed E-state index contributed by atoms with van der Waals surface area (Å²) in [5, 5.41) is 2.53. The highest BCUT2D eigenvalue weighted by atomic mass is 15.1. The first-order valence-electron chi connectivity index (χ1n) is 9.56. The molecule has 28 heavy (non-hydrogen) atoms. The topological polar surface area (TPSA) is 19.0 Å². The second-order valence-corrected chi connectivity index (χ2v) is 7.15. The van der Waals surface area contributed by atoms with Crippen LogP contribution in [0.25, 0.3) is 34.0 Å². The second kappa shape index (κ2) is 5.86. The SMILES string of the molecule is C1=Cc2c(ccc3c2[nH]c2ccccc23)N(c2ccccc2)c2ccccc21. The lowest BCUT2D eigenvalue weighted by atomic mass is 10.1. The molecule has 1 aliphatic heterocycles. The molecular weight excluding hydrogens is 340 g/mol. The van der Waals surface area contributed by atoms with E-state index in [0.717, 1.165) is 5.69 Å². The number of nitrogens with zero attached hydrogens (tertiary/aromatic N) is 1. The van der Waals surface area contributed by atoms with Gasteiger partial charge in [0.15, 0.2) is 0 Å². The molecule has 1 N–H and O–H groups in total. The third-order valence-corrected chi connectivity index (χ3v) is 5.56. The first-order chi connectivity index (χ1) is 13.9. The summed E-state index contributed by atoms with van der Waals surface area (Å²) in [7, 11) is 0. The van der Waals surface area contributed by atoms with Gasteiger partial charge in [-0.2, -0.15) is 0 Å². The third kappa shape index (κ3) is 2.15. The molecule has 132 valence electrons. The maximum Gasteiger partial charge on any atom is 0.0559 e. The van der Waals surface area contributed by atoms with Crippen LogP contribution in [0.3, 0.4) is 0 Å². The van der Waals surface area contributed by atoms with Crippen LogP contribution in [0.5, 0.6) is 0 Å². The maximum absolute atomic E-state index is 3.65. The van der Waals surface area contributed by atoms with E-state index in [1.54, 1.807) is 0 Å². The average Bonchev–Trinajstić information content (AvgIpc) is 3.04. The Morgan fingerprint density at radius 3 is 2.29 bits per heavy atom. The molecule has 0 radical (unpaired) electrons. The minimum Gasteiger partial charge on any atom is -0.354 e. The lowest BCUT2D eigenvalue weighted by Gasteiger charge is -2.27. The van der Waals surface area contributed by atoms with Crippen LogP contribution in [-0.2, 0) is 0 Å². The molecule has 5 aromatic rings. The summed E-state index contributed by atoms with van der Waals surface area (Å²) >= 11 is 0. The minimum atomic E-state index is 1.16. The lowest BCUT2D eigenvalue weighted by Crippen LogP contribution is -2.11. The van der Waals surface area contributed by atoms with Crippen molar-refractivity contribution in [1.82, 2.24) is 4.98 Å². The summed E-state index contributed by atoms with van der Waals surface area (Å²) in [5.41, 5.74) is 8.33. The number of anilines is 3. The van der Waals surface area contributed by atoms with Crippen LogP contribution in [-0.4, -0.2) is 4.98 Å². The first-order valence-corrected chi connectivity index (χ1v) is 9.56. The van der Waals surface area contributed by atoms with Crippen molar-refractivity contribution < 1.29 is 0 Å². The molecule has 0 saturated heterocycles. The van der Waals surface area contributed by atoms with Gasteiger partial charge >= 0.3 is 0 Å². The molecule has 1 aromatic heterocycles. The summed E-state index contributed by atoms with van der Waals surface area (Å²) in [6, 6.07) is 32.2. The predicted molar refractivity (Wildman–Crippen MR) is 119 cm³/mol. The number of rotatable bonds is 1. The van der Waals surface area contributed by atoms with E-state index >= 15 is 0 Å². The van der Waals surface area contributed by atoms with Crippen LogP contribution < -0.4 is 4.90 Å². The van der Waals surface area contributed by atoms with Crippen molar-refractivity contribution in [2.75, 3.05) is 4.90 Å². The fraction of sp³-hybridized carbons (Fsp3) is 0.